The number of carbonyl (C=O) groups is 1. The summed E-state index contributed by atoms with van der Waals surface area (Å²) in [5.41, 5.74) is 5.19. The van der Waals surface area contributed by atoms with Crippen LogP contribution in [0.3, 0.4) is 0 Å². The summed E-state index contributed by atoms with van der Waals surface area (Å²) in [7, 11) is 0. The van der Waals surface area contributed by atoms with E-state index in [1.165, 1.54) is 12.1 Å². The second kappa shape index (κ2) is 3.97. The summed E-state index contributed by atoms with van der Waals surface area (Å²) < 4.78 is 18.4. The number of halogens is 1. The van der Waals surface area contributed by atoms with E-state index in [9.17, 15) is 9.18 Å². The number of amides is 1. The zero-order chi connectivity index (χ0) is 12.8. The Labute approximate surface area is 105 Å². The summed E-state index contributed by atoms with van der Waals surface area (Å²) in [6, 6.07) is 6.10. The van der Waals surface area contributed by atoms with Gasteiger partial charge in [0, 0.05) is 6.07 Å². The Morgan fingerprint density at radius 3 is 2.83 bits per heavy atom. The number of primary amides is 1. The number of hydrogen-bond donors (Lipinski definition) is 1. The summed E-state index contributed by atoms with van der Waals surface area (Å²) >= 11 is 0. The lowest BCUT2D eigenvalue weighted by molar-refractivity contribution is -0.199. The monoisotopic (exact) mass is 249 g/mol. The van der Waals surface area contributed by atoms with Crippen molar-refractivity contribution in [2.75, 3.05) is 6.61 Å². The molecule has 0 radical (unpaired) electrons. The Bertz CT molecular complexity index is 482. The molecule has 1 unspecified atom stereocenters. The van der Waals surface area contributed by atoms with E-state index in [0.717, 1.165) is 19.3 Å². The largest absolute Gasteiger partial charge is 0.493 e. The first-order valence-electron chi connectivity index (χ1n) is 6.30. The minimum Gasteiger partial charge on any atom is -0.493 e. The Balaban J connectivity index is 1.50. The molecule has 1 aromatic carbocycles. The molecule has 0 heterocycles. The van der Waals surface area contributed by atoms with E-state index in [0.29, 0.717) is 24.2 Å². The van der Waals surface area contributed by atoms with Crippen molar-refractivity contribution in [3.05, 3.63) is 30.1 Å². The zero-order valence-corrected chi connectivity index (χ0v) is 10.1. The van der Waals surface area contributed by atoms with Crippen LogP contribution in [0.25, 0.3) is 0 Å². The van der Waals surface area contributed by atoms with Gasteiger partial charge in [-0.2, -0.15) is 0 Å². The molecule has 3 saturated carbocycles. The smallest absolute Gasteiger partial charge is 0.223 e. The molecule has 0 saturated heterocycles. The van der Waals surface area contributed by atoms with Gasteiger partial charge in [0.15, 0.2) is 0 Å². The van der Waals surface area contributed by atoms with E-state index in [4.69, 9.17) is 10.5 Å². The van der Waals surface area contributed by atoms with Crippen LogP contribution in [0.2, 0.25) is 0 Å². The van der Waals surface area contributed by atoms with Gasteiger partial charge in [-0.15, -0.1) is 0 Å². The molecule has 3 nitrogen and oxygen atoms in total. The first-order valence-corrected chi connectivity index (χ1v) is 6.30. The molecule has 3 aliphatic rings. The summed E-state index contributed by atoms with van der Waals surface area (Å²) in [5, 5.41) is 0. The summed E-state index contributed by atoms with van der Waals surface area (Å²) in [5.74, 6) is 1.10. The number of hydrogen-bond acceptors (Lipinski definition) is 2. The lowest BCUT2D eigenvalue weighted by atomic mass is 9.36. The molecule has 1 aromatic rings. The number of nitrogens with two attached hydrogens (primary N) is 1. The van der Waals surface area contributed by atoms with Crippen LogP contribution < -0.4 is 10.5 Å². The van der Waals surface area contributed by atoms with E-state index in [-0.39, 0.29) is 17.1 Å². The molecule has 0 spiro atoms. The Kier molecular flexibility index (Phi) is 2.54. The van der Waals surface area contributed by atoms with Crippen molar-refractivity contribution in [1.29, 1.82) is 0 Å². The van der Waals surface area contributed by atoms with Gasteiger partial charge in [0.25, 0.3) is 0 Å². The van der Waals surface area contributed by atoms with Gasteiger partial charge in [-0.1, -0.05) is 6.07 Å². The molecule has 3 fully saturated rings. The van der Waals surface area contributed by atoms with Gasteiger partial charge in [-0.05, 0) is 43.2 Å². The zero-order valence-electron chi connectivity index (χ0n) is 10.1. The highest BCUT2D eigenvalue weighted by Gasteiger charge is 2.68. The van der Waals surface area contributed by atoms with Gasteiger partial charge in [-0.3, -0.25) is 4.79 Å². The normalized spacial score (nSPS) is 32.3. The maximum atomic E-state index is 12.9. The molecular weight excluding hydrogens is 233 g/mol. The maximum Gasteiger partial charge on any atom is 0.223 e. The van der Waals surface area contributed by atoms with Crippen LogP contribution in [0, 0.1) is 23.1 Å². The Hall–Kier alpha value is -1.58. The highest BCUT2D eigenvalue weighted by Crippen LogP contribution is 2.69. The van der Waals surface area contributed by atoms with Crippen molar-refractivity contribution in [3.8, 4) is 5.75 Å². The molecule has 18 heavy (non-hydrogen) atoms. The Morgan fingerprint density at radius 1 is 1.50 bits per heavy atom. The number of carbonyl (C=O) groups excluding carboxylic acids is 1. The fourth-order valence-electron chi connectivity index (χ4n) is 3.35. The molecule has 3 aliphatic carbocycles. The van der Waals surface area contributed by atoms with Crippen molar-refractivity contribution in [1.82, 2.24) is 0 Å². The molecule has 96 valence electrons. The van der Waals surface area contributed by atoms with E-state index < -0.39 is 0 Å². The fourth-order valence-corrected chi connectivity index (χ4v) is 3.35. The SMILES string of the molecule is NC(=O)C12CC(C1)C2CCOc1cccc(F)c1. The maximum absolute atomic E-state index is 12.9. The van der Waals surface area contributed by atoms with Gasteiger partial charge in [0.1, 0.15) is 11.6 Å². The molecule has 0 aliphatic heterocycles. The predicted octanol–water partition coefficient (Wildman–Crippen LogP) is 2.11. The first kappa shape index (κ1) is 11.5. The van der Waals surface area contributed by atoms with Crippen molar-refractivity contribution in [3.63, 3.8) is 0 Å². The minimum atomic E-state index is -0.299. The molecule has 1 atom stereocenters. The first-order chi connectivity index (χ1) is 8.62. The molecule has 2 bridgehead atoms. The van der Waals surface area contributed by atoms with Gasteiger partial charge >= 0.3 is 0 Å². The third-order valence-corrected chi connectivity index (χ3v) is 4.52. The van der Waals surface area contributed by atoms with E-state index in [1.807, 2.05) is 0 Å². The molecule has 0 aromatic heterocycles. The molecule has 1 amide bonds. The predicted molar refractivity (Wildman–Crippen MR) is 64.4 cm³/mol. The quantitative estimate of drug-likeness (QED) is 0.868. The highest BCUT2D eigenvalue weighted by atomic mass is 19.1. The molecule has 4 rings (SSSR count). The average molecular weight is 249 g/mol. The van der Waals surface area contributed by atoms with Crippen molar-refractivity contribution < 1.29 is 13.9 Å². The second-order valence-corrected chi connectivity index (χ2v) is 5.39. The third kappa shape index (κ3) is 1.59. The van der Waals surface area contributed by atoms with Gasteiger partial charge in [0.05, 0.1) is 12.0 Å². The lowest BCUT2D eigenvalue weighted by Crippen LogP contribution is -2.67. The van der Waals surface area contributed by atoms with Crippen LogP contribution in [0.4, 0.5) is 4.39 Å². The van der Waals surface area contributed by atoms with Crippen LogP contribution in [-0.2, 0) is 4.79 Å². The number of rotatable bonds is 5. The van der Waals surface area contributed by atoms with Crippen LogP contribution >= 0.6 is 0 Å². The van der Waals surface area contributed by atoms with E-state index in [1.54, 1.807) is 12.1 Å². The average Bonchev–Trinajstić information content (AvgIpc) is 2.21. The summed E-state index contributed by atoms with van der Waals surface area (Å²) in [4.78, 5) is 11.4. The minimum absolute atomic E-state index is 0.166. The highest BCUT2D eigenvalue weighted by molar-refractivity contribution is 5.84. The van der Waals surface area contributed by atoms with Crippen LogP contribution in [0.5, 0.6) is 5.75 Å². The molecule has 2 N–H and O–H groups in total. The lowest BCUT2D eigenvalue weighted by Gasteiger charge is -2.66. The van der Waals surface area contributed by atoms with Crippen LogP contribution in [0.15, 0.2) is 24.3 Å². The second-order valence-electron chi connectivity index (χ2n) is 5.39. The van der Waals surface area contributed by atoms with E-state index >= 15 is 0 Å². The Morgan fingerprint density at radius 2 is 2.28 bits per heavy atom. The van der Waals surface area contributed by atoms with Gasteiger partial charge < -0.3 is 10.5 Å². The van der Waals surface area contributed by atoms with Crippen molar-refractivity contribution >= 4 is 5.91 Å². The van der Waals surface area contributed by atoms with Crippen LogP contribution in [0.1, 0.15) is 19.3 Å². The van der Waals surface area contributed by atoms with Crippen molar-refractivity contribution in [2.24, 2.45) is 23.0 Å². The van der Waals surface area contributed by atoms with Gasteiger partial charge in [0.2, 0.25) is 5.91 Å². The fraction of sp³-hybridized carbons (Fsp3) is 0.500. The van der Waals surface area contributed by atoms with Crippen LogP contribution in [-0.4, -0.2) is 12.5 Å². The van der Waals surface area contributed by atoms with E-state index in [2.05, 4.69) is 0 Å². The standard InChI is InChI=1S/C14H16FNO2/c15-10-2-1-3-11(6-10)18-5-4-12-9-7-14(12,8-9)13(16)17/h1-3,6,9,12H,4-5,7-8H2,(H2,16,17). The molecule has 4 heteroatoms. The number of ether oxygens (including phenoxy) is 1. The summed E-state index contributed by atoms with van der Waals surface area (Å²) in [6.45, 7) is 0.514. The van der Waals surface area contributed by atoms with Crippen molar-refractivity contribution in [2.45, 2.75) is 19.3 Å². The van der Waals surface area contributed by atoms with Gasteiger partial charge in [-0.25, -0.2) is 4.39 Å². The molecular formula is C14H16FNO2. The topological polar surface area (TPSA) is 52.3 Å². The third-order valence-electron chi connectivity index (χ3n) is 4.52. The number of benzene rings is 1. The summed E-state index contributed by atoms with van der Waals surface area (Å²) in [6.07, 6.45) is 2.73.